The van der Waals surface area contributed by atoms with E-state index in [-0.39, 0.29) is 17.3 Å². The summed E-state index contributed by atoms with van der Waals surface area (Å²) in [5.41, 5.74) is 1.73. The maximum atomic E-state index is 13.4. The number of aromatic nitrogens is 2. The van der Waals surface area contributed by atoms with Crippen LogP contribution >= 0.6 is 11.3 Å². The number of amides is 1. The summed E-state index contributed by atoms with van der Waals surface area (Å²) in [5.74, 6) is -0.0120. The lowest BCUT2D eigenvalue weighted by Crippen LogP contribution is -2.31. The third kappa shape index (κ3) is 3.94. The van der Waals surface area contributed by atoms with Crippen LogP contribution in [0.15, 0.2) is 59.7 Å². The summed E-state index contributed by atoms with van der Waals surface area (Å²) >= 11 is 1.40. The lowest BCUT2D eigenvalue weighted by atomic mass is 10.0. The van der Waals surface area contributed by atoms with E-state index in [1.54, 1.807) is 50.4 Å². The van der Waals surface area contributed by atoms with Crippen LogP contribution in [0, 0.1) is 12.7 Å². The molecule has 0 aliphatic carbocycles. The minimum Gasteiger partial charge on any atom is -0.497 e. The summed E-state index contributed by atoms with van der Waals surface area (Å²) in [7, 11) is 1.57. The zero-order valence-electron chi connectivity index (χ0n) is 17.2. The number of carbonyl (C=O) groups is 1. The molecule has 1 atom stereocenters. The fourth-order valence-corrected chi connectivity index (χ4v) is 4.41. The van der Waals surface area contributed by atoms with E-state index >= 15 is 0 Å². The average molecular weight is 437 g/mol. The number of fused-ring (bicyclic) bond motifs is 1. The Morgan fingerprint density at radius 1 is 1.16 bits per heavy atom. The SMILES string of the molecule is COc1ccc(NC(=O)C(C)n2cnc3sc(C)c(-c4ccc(F)cc4)c3c2=O)cc1. The first-order valence-electron chi connectivity index (χ1n) is 9.60. The van der Waals surface area contributed by atoms with Gasteiger partial charge in [-0.2, -0.15) is 0 Å². The fourth-order valence-electron chi connectivity index (χ4n) is 3.40. The normalized spacial score (nSPS) is 12.0. The van der Waals surface area contributed by atoms with E-state index in [9.17, 15) is 14.0 Å². The maximum absolute atomic E-state index is 13.4. The predicted octanol–water partition coefficient (Wildman–Crippen LogP) is 4.78. The lowest BCUT2D eigenvalue weighted by molar-refractivity contribution is -0.118. The monoisotopic (exact) mass is 437 g/mol. The van der Waals surface area contributed by atoms with E-state index in [1.165, 1.54) is 34.4 Å². The number of halogens is 1. The molecule has 1 N–H and O–H groups in total. The molecule has 0 bridgehead atoms. The Balaban J connectivity index is 1.71. The Morgan fingerprint density at radius 3 is 2.48 bits per heavy atom. The second-order valence-corrected chi connectivity index (χ2v) is 8.27. The van der Waals surface area contributed by atoms with Crippen molar-refractivity contribution in [1.29, 1.82) is 0 Å². The molecule has 158 valence electrons. The van der Waals surface area contributed by atoms with Crippen LogP contribution in [0.2, 0.25) is 0 Å². The first-order valence-corrected chi connectivity index (χ1v) is 10.4. The van der Waals surface area contributed by atoms with Crippen molar-refractivity contribution >= 4 is 33.1 Å². The molecule has 8 heteroatoms. The smallest absolute Gasteiger partial charge is 0.263 e. The number of rotatable bonds is 5. The summed E-state index contributed by atoms with van der Waals surface area (Å²) in [4.78, 5) is 32.0. The first kappa shape index (κ1) is 20.7. The molecule has 31 heavy (non-hydrogen) atoms. The summed E-state index contributed by atoms with van der Waals surface area (Å²) in [6.07, 6.45) is 1.40. The minimum atomic E-state index is -0.784. The number of thiophene rings is 1. The maximum Gasteiger partial charge on any atom is 0.263 e. The van der Waals surface area contributed by atoms with Gasteiger partial charge in [-0.25, -0.2) is 9.37 Å². The van der Waals surface area contributed by atoms with E-state index < -0.39 is 6.04 Å². The van der Waals surface area contributed by atoms with Crippen molar-refractivity contribution < 1.29 is 13.9 Å². The molecular formula is C23H20FN3O3S. The van der Waals surface area contributed by atoms with Gasteiger partial charge >= 0.3 is 0 Å². The highest BCUT2D eigenvalue weighted by Crippen LogP contribution is 2.35. The molecule has 0 aliphatic heterocycles. The van der Waals surface area contributed by atoms with E-state index in [4.69, 9.17) is 4.74 Å². The van der Waals surface area contributed by atoms with Gasteiger partial charge in [0, 0.05) is 16.1 Å². The Morgan fingerprint density at radius 2 is 1.84 bits per heavy atom. The van der Waals surface area contributed by atoms with Crippen LogP contribution in [0.5, 0.6) is 5.75 Å². The van der Waals surface area contributed by atoms with Crippen molar-refractivity contribution in [3.8, 4) is 16.9 Å². The number of nitrogens with zero attached hydrogens (tertiary/aromatic N) is 2. The molecule has 2 aromatic carbocycles. The zero-order valence-corrected chi connectivity index (χ0v) is 18.0. The molecular weight excluding hydrogens is 417 g/mol. The van der Waals surface area contributed by atoms with Gasteiger partial charge in [0.15, 0.2) is 0 Å². The highest BCUT2D eigenvalue weighted by Gasteiger charge is 2.22. The number of nitrogens with one attached hydrogen (secondary N) is 1. The van der Waals surface area contributed by atoms with Crippen LogP contribution in [0.1, 0.15) is 17.8 Å². The molecule has 0 aliphatic rings. The molecule has 1 unspecified atom stereocenters. The van der Waals surface area contributed by atoms with Crippen LogP contribution in [0.3, 0.4) is 0 Å². The molecule has 6 nitrogen and oxygen atoms in total. The van der Waals surface area contributed by atoms with Crippen molar-refractivity contribution in [3.63, 3.8) is 0 Å². The van der Waals surface area contributed by atoms with Gasteiger partial charge in [0.1, 0.15) is 22.4 Å². The first-order chi connectivity index (χ1) is 14.9. The largest absolute Gasteiger partial charge is 0.497 e. The molecule has 1 amide bonds. The van der Waals surface area contributed by atoms with E-state index in [0.29, 0.717) is 21.7 Å². The molecule has 0 spiro atoms. The molecule has 2 heterocycles. The van der Waals surface area contributed by atoms with E-state index in [2.05, 4.69) is 10.3 Å². The van der Waals surface area contributed by atoms with Crippen LogP contribution in [-0.4, -0.2) is 22.6 Å². The van der Waals surface area contributed by atoms with Gasteiger partial charge in [0.2, 0.25) is 5.91 Å². The Kier molecular flexibility index (Phi) is 5.56. The van der Waals surface area contributed by atoms with Crippen molar-refractivity contribution in [3.05, 3.63) is 75.9 Å². The van der Waals surface area contributed by atoms with Crippen LogP contribution in [0.25, 0.3) is 21.3 Å². The number of carbonyl (C=O) groups excluding carboxylic acids is 1. The van der Waals surface area contributed by atoms with Gasteiger partial charge in [-0.05, 0) is 55.8 Å². The summed E-state index contributed by atoms with van der Waals surface area (Å²) < 4.78 is 19.8. The second-order valence-electron chi connectivity index (χ2n) is 7.07. The van der Waals surface area contributed by atoms with Gasteiger partial charge in [0.05, 0.1) is 18.8 Å². The van der Waals surface area contributed by atoms with E-state index in [0.717, 1.165) is 16.0 Å². The highest BCUT2D eigenvalue weighted by atomic mass is 32.1. The van der Waals surface area contributed by atoms with Crippen LogP contribution < -0.4 is 15.6 Å². The topological polar surface area (TPSA) is 73.2 Å². The second kappa shape index (κ2) is 8.31. The number of anilines is 1. The van der Waals surface area contributed by atoms with Gasteiger partial charge in [-0.15, -0.1) is 11.3 Å². The van der Waals surface area contributed by atoms with Gasteiger partial charge < -0.3 is 10.1 Å². The predicted molar refractivity (Wildman–Crippen MR) is 120 cm³/mol. The summed E-state index contributed by atoms with van der Waals surface area (Å²) in [6, 6.07) is 12.1. The fraction of sp³-hybridized carbons (Fsp3) is 0.174. The Hall–Kier alpha value is -3.52. The lowest BCUT2D eigenvalue weighted by Gasteiger charge is -2.15. The molecule has 0 fully saturated rings. The molecule has 0 saturated carbocycles. The number of methoxy groups -OCH3 is 1. The number of ether oxygens (including phenoxy) is 1. The van der Waals surface area contributed by atoms with Gasteiger partial charge in [0.25, 0.3) is 5.56 Å². The Labute approximate surface area is 181 Å². The van der Waals surface area contributed by atoms with Crippen molar-refractivity contribution in [1.82, 2.24) is 9.55 Å². The standard InChI is InChI=1S/C23H20FN3O3S/c1-13(21(28)26-17-8-10-18(30-3)11-9-17)27-12-25-22-20(23(27)29)19(14(2)31-22)15-4-6-16(24)7-5-15/h4-13H,1-3H3,(H,26,28). The quantitative estimate of drug-likeness (QED) is 0.488. The molecule has 4 rings (SSSR count). The number of aryl methyl sites for hydroxylation is 1. The van der Waals surface area contributed by atoms with Gasteiger partial charge in [-0.1, -0.05) is 12.1 Å². The van der Waals surface area contributed by atoms with E-state index in [1.807, 2.05) is 6.92 Å². The third-order valence-corrected chi connectivity index (χ3v) is 6.11. The molecule has 4 aromatic rings. The highest BCUT2D eigenvalue weighted by molar-refractivity contribution is 7.19. The minimum absolute atomic E-state index is 0.314. The molecule has 0 radical (unpaired) electrons. The zero-order chi connectivity index (χ0) is 22.1. The summed E-state index contributed by atoms with van der Waals surface area (Å²) in [5, 5.41) is 3.23. The van der Waals surface area contributed by atoms with Crippen LogP contribution in [-0.2, 0) is 4.79 Å². The number of hydrogen-bond acceptors (Lipinski definition) is 5. The summed E-state index contributed by atoms with van der Waals surface area (Å²) in [6.45, 7) is 3.54. The third-order valence-electron chi connectivity index (χ3n) is 5.10. The van der Waals surface area contributed by atoms with Crippen LogP contribution in [0.4, 0.5) is 10.1 Å². The van der Waals surface area contributed by atoms with Gasteiger partial charge in [-0.3, -0.25) is 14.2 Å². The van der Waals surface area contributed by atoms with Crippen molar-refractivity contribution in [2.45, 2.75) is 19.9 Å². The van der Waals surface area contributed by atoms with Crippen molar-refractivity contribution in [2.24, 2.45) is 0 Å². The average Bonchev–Trinajstić information content (AvgIpc) is 3.11. The molecule has 2 aromatic heterocycles. The Bertz CT molecular complexity index is 1310. The molecule has 0 saturated heterocycles. The number of benzene rings is 2. The van der Waals surface area contributed by atoms with Crippen molar-refractivity contribution in [2.75, 3.05) is 12.4 Å². The number of hydrogen-bond donors (Lipinski definition) is 1.